The van der Waals surface area contributed by atoms with Crippen molar-refractivity contribution in [2.45, 2.75) is 31.2 Å². The predicted octanol–water partition coefficient (Wildman–Crippen LogP) is 3.34. The molecule has 2 aliphatic rings. The van der Waals surface area contributed by atoms with Gasteiger partial charge in [-0.2, -0.15) is 0 Å². The molecule has 0 aliphatic carbocycles. The number of furan rings is 1. The van der Waals surface area contributed by atoms with E-state index in [2.05, 4.69) is 40.4 Å². The van der Waals surface area contributed by atoms with Gasteiger partial charge >= 0.3 is 0 Å². The molecular weight excluding hydrogens is 362 g/mol. The molecule has 3 N–H and O–H groups in total. The molecule has 2 aromatic rings. The molecule has 1 aromatic heterocycles. The zero-order valence-corrected chi connectivity index (χ0v) is 16.5. The van der Waals surface area contributed by atoms with Gasteiger partial charge in [0.2, 0.25) is 0 Å². The first-order chi connectivity index (χ1) is 13.2. The summed E-state index contributed by atoms with van der Waals surface area (Å²) in [7, 11) is 0. The van der Waals surface area contributed by atoms with E-state index in [1.165, 1.54) is 5.56 Å². The lowest BCUT2D eigenvalue weighted by Gasteiger charge is -2.38. The quantitative estimate of drug-likeness (QED) is 0.707. The normalized spacial score (nSPS) is 25.0. The maximum atomic E-state index is 6.27. The highest BCUT2D eigenvalue weighted by Crippen LogP contribution is 2.35. The molecule has 2 saturated heterocycles. The number of benzene rings is 1. The number of hydrazine groups is 1. The summed E-state index contributed by atoms with van der Waals surface area (Å²) in [6.07, 6.45) is 2.03. The van der Waals surface area contributed by atoms with Crippen molar-refractivity contribution in [2.24, 2.45) is 5.92 Å². The summed E-state index contributed by atoms with van der Waals surface area (Å²) in [6, 6.07) is 12.6. The largest absolute Gasteiger partial charge is 0.465 e. The first-order valence-corrected chi connectivity index (χ1v) is 10.1. The lowest BCUT2D eigenvalue weighted by atomic mass is 9.74. The lowest BCUT2D eigenvalue weighted by molar-refractivity contribution is 0.0495. The second-order valence-electron chi connectivity index (χ2n) is 7.75. The minimum Gasteiger partial charge on any atom is -0.465 e. The Kier molecular flexibility index (Phi) is 5.85. The van der Waals surface area contributed by atoms with E-state index in [0.29, 0.717) is 5.92 Å². The molecule has 2 atom stereocenters. The molecule has 6 heteroatoms. The minimum atomic E-state index is 0.0827. The van der Waals surface area contributed by atoms with Crippen molar-refractivity contribution in [2.75, 3.05) is 32.8 Å². The van der Waals surface area contributed by atoms with Gasteiger partial charge in [-0.1, -0.05) is 23.7 Å². The molecule has 5 nitrogen and oxygen atoms in total. The monoisotopic (exact) mass is 389 g/mol. The molecule has 27 heavy (non-hydrogen) atoms. The van der Waals surface area contributed by atoms with Crippen LogP contribution in [0.5, 0.6) is 0 Å². The number of halogens is 1. The van der Waals surface area contributed by atoms with Crippen LogP contribution in [0.15, 0.2) is 40.8 Å². The molecule has 2 aliphatic heterocycles. The summed E-state index contributed by atoms with van der Waals surface area (Å²) in [4.78, 5) is 0. The fourth-order valence-electron chi connectivity index (χ4n) is 4.29. The van der Waals surface area contributed by atoms with Gasteiger partial charge in [0.05, 0.1) is 6.04 Å². The number of aryl methyl sites for hydroxylation is 1. The maximum absolute atomic E-state index is 6.27. The molecule has 4 rings (SSSR count). The Labute approximate surface area is 165 Å². The third-order valence-electron chi connectivity index (χ3n) is 5.92. The molecule has 146 valence electrons. The molecule has 0 saturated carbocycles. The number of hydrogen-bond acceptors (Lipinski definition) is 5. The van der Waals surface area contributed by atoms with Crippen molar-refractivity contribution in [3.05, 3.63) is 58.5 Å². The molecule has 0 spiro atoms. The number of ether oxygens (including phenoxy) is 1. The van der Waals surface area contributed by atoms with Gasteiger partial charge in [0.1, 0.15) is 11.5 Å². The van der Waals surface area contributed by atoms with Crippen LogP contribution >= 0.6 is 11.6 Å². The van der Waals surface area contributed by atoms with Gasteiger partial charge in [-0.25, -0.2) is 5.43 Å². The van der Waals surface area contributed by atoms with Crippen LogP contribution in [0.4, 0.5) is 0 Å². The molecule has 3 heterocycles. The van der Waals surface area contributed by atoms with Gasteiger partial charge < -0.3 is 14.5 Å². The van der Waals surface area contributed by atoms with Crippen LogP contribution in [0.1, 0.15) is 36.0 Å². The average Bonchev–Trinajstić information content (AvgIpc) is 3.31. The highest BCUT2D eigenvalue weighted by molar-refractivity contribution is 6.30. The Morgan fingerprint density at radius 2 is 2.07 bits per heavy atom. The maximum Gasteiger partial charge on any atom is 0.122 e. The third kappa shape index (κ3) is 4.23. The molecule has 2 fully saturated rings. The molecule has 0 radical (unpaired) electrons. The summed E-state index contributed by atoms with van der Waals surface area (Å²) in [6.45, 7) is 6.36. The smallest absolute Gasteiger partial charge is 0.122 e. The summed E-state index contributed by atoms with van der Waals surface area (Å²) >= 11 is 6.27. The van der Waals surface area contributed by atoms with E-state index in [9.17, 15) is 0 Å². The van der Waals surface area contributed by atoms with Crippen molar-refractivity contribution in [3.8, 4) is 0 Å². The zero-order chi connectivity index (χ0) is 18.7. The Morgan fingerprint density at radius 3 is 2.81 bits per heavy atom. The van der Waals surface area contributed by atoms with Crippen LogP contribution in [0.2, 0.25) is 5.02 Å². The first kappa shape index (κ1) is 19.0. The van der Waals surface area contributed by atoms with Crippen LogP contribution in [0.25, 0.3) is 0 Å². The summed E-state index contributed by atoms with van der Waals surface area (Å²) in [5.41, 5.74) is 8.03. The van der Waals surface area contributed by atoms with E-state index in [1.54, 1.807) is 0 Å². The fourth-order valence-corrected chi connectivity index (χ4v) is 4.48. The molecule has 1 aromatic carbocycles. The first-order valence-electron chi connectivity index (χ1n) is 9.76. The second-order valence-corrected chi connectivity index (χ2v) is 8.18. The standard InChI is InChI=1S/C21H28ClN3O2/c1-15-5-6-19(27-15)20-16(13-24-25-20)12-23-14-21(7-9-26-10-8-21)17-3-2-4-18(22)11-17/h2-6,11,16,20,23-25H,7-10,12-14H2,1H3. The van der Waals surface area contributed by atoms with Crippen LogP contribution < -0.4 is 16.2 Å². The molecule has 2 unspecified atom stereocenters. The Hall–Kier alpha value is -1.37. The molecule has 0 amide bonds. The van der Waals surface area contributed by atoms with Crippen LogP contribution in [-0.2, 0) is 10.2 Å². The Morgan fingerprint density at radius 1 is 1.22 bits per heavy atom. The number of hydrogen-bond donors (Lipinski definition) is 3. The van der Waals surface area contributed by atoms with Crippen molar-refractivity contribution in [3.63, 3.8) is 0 Å². The highest BCUT2D eigenvalue weighted by atomic mass is 35.5. The van der Waals surface area contributed by atoms with Crippen molar-refractivity contribution in [1.82, 2.24) is 16.2 Å². The van der Waals surface area contributed by atoms with Crippen molar-refractivity contribution >= 4 is 11.6 Å². The van der Waals surface area contributed by atoms with Crippen LogP contribution in [0, 0.1) is 12.8 Å². The van der Waals surface area contributed by atoms with E-state index in [1.807, 2.05) is 19.1 Å². The molecular formula is C21H28ClN3O2. The highest BCUT2D eigenvalue weighted by Gasteiger charge is 2.36. The Bertz CT molecular complexity index is 757. The van der Waals surface area contributed by atoms with Crippen molar-refractivity contribution < 1.29 is 9.15 Å². The van der Waals surface area contributed by atoms with E-state index < -0.39 is 0 Å². The fraction of sp³-hybridized carbons (Fsp3) is 0.524. The van der Waals surface area contributed by atoms with Gasteiger partial charge in [0.15, 0.2) is 0 Å². The van der Waals surface area contributed by atoms with Gasteiger partial charge in [0.25, 0.3) is 0 Å². The van der Waals surface area contributed by atoms with Gasteiger partial charge in [0, 0.05) is 49.2 Å². The van der Waals surface area contributed by atoms with E-state index in [0.717, 1.165) is 62.2 Å². The molecule has 0 bridgehead atoms. The van der Waals surface area contributed by atoms with E-state index in [-0.39, 0.29) is 11.5 Å². The number of rotatable bonds is 6. The van der Waals surface area contributed by atoms with Crippen LogP contribution in [0.3, 0.4) is 0 Å². The van der Waals surface area contributed by atoms with Gasteiger partial charge in [-0.3, -0.25) is 5.43 Å². The SMILES string of the molecule is Cc1ccc(C2NNCC2CNCC2(c3cccc(Cl)c3)CCOCC2)o1. The topological polar surface area (TPSA) is 58.5 Å². The van der Waals surface area contributed by atoms with Gasteiger partial charge in [-0.05, 0) is 49.6 Å². The van der Waals surface area contributed by atoms with Crippen molar-refractivity contribution in [1.29, 1.82) is 0 Å². The lowest BCUT2D eigenvalue weighted by Crippen LogP contribution is -2.44. The predicted molar refractivity (Wildman–Crippen MR) is 107 cm³/mol. The average molecular weight is 390 g/mol. The summed E-state index contributed by atoms with van der Waals surface area (Å²) < 4.78 is 11.5. The summed E-state index contributed by atoms with van der Waals surface area (Å²) in [5.74, 6) is 2.39. The zero-order valence-electron chi connectivity index (χ0n) is 15.8. The van der Waals surface area contributed by atoms with Crippen LogP contribution in [-0.4, -0.2) is 32.8 Å². The van der Waals surface area contributed by atoms with E-state index >= 15 is 0 Å². The third-order valence-corrected chi connectivity index (χ3v) is 6.15. The summed E-state index contributed by atoms with van der Waals surface area (Å²) in [5, 5.41) is 4.54. The van der Waals surface area contributed by atoms with E-state index in [4.69, 9.17) is 20.8 Å². The Balaban J connectivity index is 1.42. The minimum absolute atomic E-state index is 0.0827. The van der Waals surface area contributed by atoms with Gasteiger partial charge in [-0.15, -0.1) is 0 Å². The second kappa shape index (κ2) is 8.33. The number of nitrogens with one attached hydrogen (secondary N) is 3.